The monoisotopic (exact) mass is 292 g/mol. The fraction of sp³-hybridized carbons (Fsp3) is 0.533. The normalized spacial score (nSPS) is 11.0. The average molecular weight is 292 g/mol. The molecule has 1 aromatic rings. The number of pyridine rings is 1. The van der Waals surface area contributed by atoms with E-state index < -0.39 is 0 Å². The van der Waals surface area contributed by atoms with Crippen LogP contribution in [0.3, 0.4) is 0 Å². The van der Waals surface area contributed by atoms with Crippen LogP contribution < -0.4 is 5.32 Å². The predicted molar refractivity (Wildman–Crippen MR) is 83.4 cm³/mol. The summed E-state index contributed by atoms with van der Waals surface area (Å²) in [6.07, 6.45) is 3.42. The Kier molecular flexibility index (Phi) is 8.23. The minimum atomic E-state index is 0.0451. The molecule has 116 valence electrons. The van der Waals surface area contributed by atoms with Crippen LogP contribution in [0.4, 0.5) is 0 Å². The summed E-state index contributed by atoms with van der Waals surface area (Å²) in [5, 5.41) is 11.8. The Morgan fingerprint density at radius 1 is 1.48 bits per heavy atom. The third-order valence-corrected chi connectivity index (χ3v) is 3.01. The Labute approximate surface area is 125 Å². The van der Waals surface area contributed by atoms with Crippen LogP contribution in [0.1, 0.15) is 25.1 Å². The first-order valence-electron chi connectivity index (χ1n) is 7.25. The molecule has 0 spiro atoms. The summed E-state index contributed by atoms with van der Waals surface area (Å²) in [6, 6.07) is 3.77. The van der Waals surface area contributed by atoms with E-state index in [2.05, 4.69) is 15.3 Å². The summed E-state index contributed by atoms with van der Waals surface area (Å²) in [6.45, 7) is 6.69. The van der Waals surface area contributed by atoms with Crippen molar-refractivity contribution in [2.45, 2.75) is 20.4 Å². The Morgan fingerprint density at radius 3 is 2.90 bits per heavy atom. The molecule has 0 atom stereocenters. The van der Waals surface area contributed by atoms with Gasteiger partial charge in [-0.05, 0) is 31.5 Å². The molecule has 2 N–H and O–H groups in total. The SMILES string of the molecule is CCN(CC)C(=O)CNCc1cc(C=NCCO)ccn1. The summed E-state index contributed by atoms with van der Waals surface area (Å²) in [4.78, 5) is 21.9. The molecule has 0 aliphatic heterocycles. The van der Waals surface area contributed by atoms with Gasteiger partial charge in [0, 0.05) is 32.0 Å². The molecule has 6 nitrogen and oxygen atoms in total. The van der Waals surface area contributed by atoms with Gasteiger partial charge in [0.15, 0.2) is 0 Å². The molecule has 0 aliphatic rings. The van der Waals surface area contributed by atoms with E-state index in [1.54, 1.807) is 17.3 Å². The second-order valence-electron chi connectivity index (χ2n) is 4.51. The zero-order chi connectivity index (χ0) is 15.5. The maximum absolute atomic E-state index is 11.8. The predicted octanol–water partition coefficient (Wildman–Crippen LogP) is 0.451. The average Bonchev–Trinajstić information content (AvgIpc) is 2.49. The minimum absolute atomic E-state index is 0.0451. The highest BCUT2D eigenvalue weighted by atomic mass is 16.3. The van der Waals surface area contributed by atoms with E-state index in [-0.39, 0.29) is 12.5 Å². The topological polar surface area (TPSA) is 77.8 Å². The number of carbonyl (C=O) groups excluding carboxylic acids is 1. The van der Waals surface area contributed by atoms with Crippen LogP contribution >= 0.6 is 0 Å². The Bertz CT molecular complexity index is 459. The van der Waals surface area contributed by atoms with Gasteiger partial charge in [0.25, 0.3) is 0 Å². The van der Waals surface area contributed by atoms with Gasteiger partial charge in [-0.1, -0.05) is 0 Å². The van der Waals surface area contributed by atoms with Gasteiger partial charge in [-0.25, -0.2) is 0 Å². The number of carbonyl (C=O) groups is 1. The van der Waals surface area contributed by atoms with Crippen molar-refractivity contribution in [3.8, 4) is 0 Å². The molecule has 0 aromatic carbocycles. The molecular formula is C15H24N4O2. The van der Waals surface area contributed by atoms with E-state index >= 15 is 0 Å². The molecule has 6 heteroatoms. The van der Waals surface area contributed by atoms with Crippen molar-refractivity contribution < 1.29 is 9.90 Å². The van der Waals surface area contributed by atoms with E-state index in [1.165, 1.54) is 0 Å². The number of hydrogen-bond acceptors (Lipinski definition) is 5. The van der Waals surface area contributed by atoms with Gasteiger partial charge in [-0.2, -0.15) is 0 Å². The summed E-state index contributed by atoms with van der Waals surface area (Å²) in [5.74, 6) is 0.0978. The van der Waals surface area contributed by atoms with Crippen molar-refractivity contribution in [1.82, 2.24) is 15.2 Å². The molecule has 1 amide bonds. The van der Waals surface area contributed by atoms with Gasteiger partial charge < -0.3 is 15.3 Å². The van der Waals surface area contributed by atoms with Crippen LogP contribution in [0, 0.1) is 0 Å². The first-order chi connectivity index (χ1) is 10.2. The molecule has 0 saturated heterocycles. The highest BCUT2D eigenvalue weighted by Gasteiger charge is 2.08. The van der Waals surface area contributed by atoms with E-state index in [4.69, 9.17) is 5.11 Å². The van der Waals surface area contributed by atoms with Gasteiger partial charge >= 0.3 is 0 Å². The van der Waals surface area contributed by atoms with Crippen LogP contribution in [-0.2, 0) is 11.3 Å². The zero-order valence-corrected chi connectivity index (χ0v) is 12.7. The number of amides is 1. The van der Waals surface area contributed by atoms with Gasteiger partial charge in [0.2, 0.25) is 5.91 Å². The third-order valence-electron chi connectivity index (χ3n) is 3.01. The molecule has 0 aliphatic carbocycles. The second-order valence-corrected chi connectivity index (χ2v) is 4.51. The van der Waals surface area contributed by atoms with Crippen molar-refractivity contribution in [3.05, 3.63) is 29.6 Å². The Morgan fingerprint density at radius 2 is 2.24 bits per heavy atom. The number of nitrogens with zero attached hydrogens (tertiary/aromatic N) is 3. The number of aliphatic hydroxyl groups excluding tert-OH is 1. The van der Waals surface area contributed by atoms with Crippen molar-refractivity contribution in [2.75, 3.05) is 32.8 Å². The number of aliphatic hydroxyl groups is 1. The van der Waals surface area contributed by atoms with Crippen molar-refractivity contribution >= 4 is 12.1 Å². The second kappa shape index (κ2) is 10.0. The lowest BCUT2D eigenvalue weighted by Crippen LogP contribution is -2.37. The molecule has 1 rings (SSSR count). The fourth-order valence-electron chi connectivity index (χ4n) is 1.89. The lowest BCUT2D eigenvalue weighted by atomic mass is 10.2. The lowest BCUT2D eigenvalue weighted by Gasteiger charge is -2.18. The van der Waals surface area contributed by atoms with Crippen LogP contribution in [0.2, 0.25) is 0 Å². The van der Waals surface area contributed by atoms with E-state index in [9.17, 15) is 4.79 Å². The molecule has 0 bridgehead atoms. The Hall–Kier alpha value is -1.79. The first kappa shape index (κ1) is 17.3. The molecular weight excluding hydrogens is 268 g/mol. The molecule has 0 saturated carbocycles. The first-order valence-corrected chi connectivity index (χ1v) is 7.25. The molecule has 1 aromatic heterocycles. The minimum Gasteiger partial charge on any atom is -0.394 e. The van der Waals surface area contributed by atoms with Gasteiger partial charge in [0.1, 0.15) is 0 Å². The Balaban J connectivity index is 2.45. The zero-order valence-electron chi connectivity index (χ0n) is 12.7. The number of aliphatic imine (C=N–C) groups is 1. The van der Waals surface area contributed by atoms with Crippen molar-refractivity contribution in [1.29, 1.82) is 0 Å². The maximum atomic E-state index is 11.8. The van der Waals surface area contributed by atoms with Gasteiger partial charge in [-0.3, -0.25) is 14.8 Å². The number of rotatable bonds is 9. The summed E-state index contributed by atoms with van der Waals surface area (Å²) >= 11 is 0. The van der Waals surface area contributed by atoms with Gasteiger partial charge in [0.05, 0.1) is 25.4 Å². The quantitative estimate of drug-likeness (QED) is 0.648. The van der Waals surface area contributed by atoms with Crippen LogP contribution in [0.5, 0.6) is 0 Å². The molecule has 0 unspecified atom stereocenters. The van der Waals surface area contributed by atoms with E-state index in [1.807, 2.05) is 26.0 Å². The van der Waals surface area contributed by atoms with E-state index in [0.29, 0.717) is 19.6 Å². The number of aromatic nitrogens is 1. The van der Waals surface area contributed by atoms with Crippen LogP contribution in [0.25, 0.3) is 0 Å². The smallest absolute Gasteiger partial charge is 0.236 e. The van der Waals surface area contributed by atoms with Crippen molar-refractivity contribution in [2.24, 2.45) is 4.99 Å². The van der Waals surface area contributed by atoms with E-state index in [0.717, 1.165) is 24.3 Å². The highest BCUT2D eigenvalue weighted by molar-refractivity contribution is 5.79. The highest BCUT2D eigenvalue weighted by Crippen LogP contribution is 1.99. The largest absolute Gasteiger partial charge is 0.394 e. The summed E-state index contributed by atoms with van der Waals surface area (Å²) in [7, 11) is 0. The lowest BCUT2D eigenvalue weighted by molar-refractivity contribution is -0.129. The summed E-state index contributed by atoms with van der Waals surface area (Å²) < 4.78 is 0. The third kappa shape index (κ3) is 6.46. The standard InChI is InChI=1S/C15H24N4O2/c1-3-19(4-2)15(21)12-17-11-14-9-13(5-6-18-14)10-16-7-8-20/h5-6,9-10,17,20H,3-4,7-8,11-12H2,1-2H3. The summed E-state index contributed by atoms with van der Waals surface area (Å²) in [5.41, 5.74) is 1.79. The molecule has 1 heterocycles. The number of hydrogen-bond donors (Lipinski definition) is 2. The number of likely N-dealkylation sites (N-methyl/N-ethyl adjacent to an activating group) is 1. The van der Waals surface area contributed by atoms with Gasteiger partial charge in [-0.15, -0.1) is 0 Å². The van der Waals surface area contributed by atoms with Crippen molar-refractivity contribution in [3.63, 3.8) is 0 Å². The van der Waals surface area contributed by atoms with Crippen LogP contribution in [-0.4, -0.2) is 59.9 Å². The fourth-order valence-corrected chi connectivity index (χ4v) is 1.89. The van der Waals surface area contributed by atoms with Crippen LogP contribution in [0.15, 0.2) is 23.3 Å². The number of nitrogens with one attached hydrogen (secondary N) is 1. The maximum Gasteiger partial charge on any atom is 0.236 e. The molecule has 21 heavy (non-hydrogen) atoms. The molecule has 0 fully saturated rings. The molecule has 0 radical (unpaired) electrons.